The molecule has 0 aliphatic carbocycles. The summed E-state index contributed by atoms with van der Waals surface area (Å²) in [4.78, 5) is 20.8. The van der Waals surface area contributed by atoms with E-state index in [0.717, 1.165) is 35.7 Å². The fraction of sp³-hybridized carbons (Fsp3) is 0.320. The number of aliphatic carboxylic acids is 1. The smallest absolute Gasteiger partial charge is 0.475 e. The lowest BCUT2D eigenvalue weighted by atomic mass is 10.1. The van der Waals surface area contributed by atoms with Gasteiger partial charge in [0.15, 0.2) is 0 Å². The lowest BCUT2D eigenvalue weighted by molar-refractivity contribution is -0.192. The molecule has 36 heavy (non-hydrogen) atoms. The fourth-order valence-corrected chi connectivity index (χ4v) is 4.51. The van der Waals surface area contributed by atoms with Gasteiger partial charge in [0, 0.05) is 40.1 Å². The van der Waals surface area contributed by atoms with E-state index in [9.17, 15) is 13.2 Å². The number of halogens is 5. The van der Waals surface area contributed by atoms with Crippen molar-refractivity contribution in [2.75, 3.05) is 16.8 Å². The van der Waals surface area contributed by atoms with Gasteiger partial charge in [0.2, 0.25) is 5.95 Å². The van der Waals surface area contributed by atoms with E-state index in [0.29, 0.717) is 22.5 Å². The Kier molecular flexibility index (Phi) is 8.36. The molecule has 0 unspecified atom stereocenters. The number of carboxylic acid groups (broad SMARTS) is 1. The normalized spacial score (nSPS) is 12.6. The van der Waals surface area contributed by atoms with Crippen LogP contribution in [0.4, 0.5) is 30.6 Å². The molecule has 2 heterocycles. The lowest BCUT2D eigenvalue weighted by Gasteiger charge is -2.20. The molecule has 1 aromatic heterocycles. The summed E-state index contributed by atoms with van der Waals surface area (Å²) in [6.07, 6.45) is -4.14. The van der Waals surface area contributed by atoms with Crippen LogP contribution >= 0.6 is 23.2 Å². The second kappa shape index (κ2) is 10.9. The number of fused-ring (bicyclic) bond motifs is 1. The van der Waals surface area contributed by atoms with Crippen LogP contribution in [-0.2, 0) is 17.8 Å². The third-order valence-corrected chi connectivity index (χ3v) is 6.24. The number of rotatable bonds is 4. The molecule has 0 saturated carbocycles. The van der Waals surface area contributed by atoms with Gasteiger partial charge in [-0.25, -0.2) is 9.78 Å². The first-order valence-corrected chi connectivity index (χ1v) is 11.7. The number of anilines is 3. The first-order valence-electron chi connectivity index (χ1n) is 11.0. The van der Waals surface area contributed by atoms with Crippen LogP contribution in [-0.4, -0.2) is 33.8 Å². The largest absolute Gasteiger partial charge is 0.490 e. The molecule has 0 saturated heterocycles. The Balaban J connectivity index is 0.000000454. The number of alkyl halides is 3. The van der Waals surface area contributed by atoms with Crippen molar-refractivity contribution in [1.29, 1.82) is 0 Å². The summed E-state index contributed by atoms with van der Waals surface area (Å²) >= 11 is 12.4. The Hall–Kier alpha value is -3.04. The van der Waals surface area contributed by atoms with Crippen LogP contribution in [0.15, 0.2) is 30.3 Å². The van der Waals surface area contributed by atoms with E-state index in [1.54, 1.807) is 6.07 Å². The molecule has 0 fully saturated rings. The molecule has 0 spiro atoms. The Morgan fingerprint density at radius 1 is 1.08 bits per heavy atom. The summed E-state index contributed by atoms with van der Waals surface area (Å²) in [6, 6.07) is 9.99. The highest BCUT2D eigenvalue weighted by Crippen LogP contribution is 2.33. The van der Waals surface area contributed by atoms with Gasteiger partial charge in [-0.2, -0.15) is 18.2 Å². The summed E-state index contributed by atoms with van der Waals surface area (Å²) in [5, 5.41) is 11.9. The summed E-state index contributed by atoms with van der Waals surface area (Å²) in [6.45, 7) is 9.98. The van der Waals surface area contributed by atoms with Gasteiger partial charge in [-0.3, -0.25) is 0 Å². The molecule has 0 atom stereocenters. The van der Waals surface area contributed by atoms with E-state index in [1.807, 2.05) is 12.1 Å². The Morgan fingerprint density at radius 3 is 2.25 bits per heavy atom. The Labute approximate surface area is 217 Å². The Bertz CT molecular complexity index is 1280. The van der Waals surface area contributed by atoms with Crippen molar-refractivity contribution in [1.82, 2.24) is 9.97 Å². The molecule has 2 N–H and O–H groups in total. The van der Waals surface area contributed by atoms with Crippen molar-refractivity contribution in [3.05, 3.63) is 73.9 Å². The van der Waals surface area contributed by atoms with E-state index in [4.69, 9.17) is 43.1 Å². The molecule has 0 amide bonds. The molecule has 0 radical (unpaired) electrons. The third-order valence-electron chi connectivity index (χ3n) is 5.66. The van der Waals surface area contributed by atoms with Gasteiger partial charge in [0.1, 0.15) is 5.82 Å². The molecule has 1 aliphatic rings. The van der Waals surface area contributed by atoms with Crippen LogP contribution in [0.1, 0.15) is 33.5 Å². The van der Waals surface area contributed by atoms with Gasteiger partial charge in [-0.05, 0) is 62.9 Å². The van der Waals surface area contributed by atoms with Crippen LogP contribution in [0.2, 0.25) is 10.0 Å². The molecular formula is C25H25Cl2F3N4O2. The van der Waals surface area contributed by atoms with Crippen LogP contribution in [0.5, 0.6) is 0 Å². The summed E-state index contributed by atoms with van der Waals surface area (Å²) < 4.78 is 31.7. The molecule has 192 valence electrons. The number of hydrogen-bond acceptors (Lipinski definition) is 5. The lowest BCUT2D eigenvalue weighted by Crippen LogP contribution is -2.21. The number of nitrogens with zero attached hydrogens (tertiary/aromatic N) is 3. The van der Waals surface area contributed by atoms with E-state index in [-0.39, 0.29) is 0 Å². The zero-order chi connectivity index (χ0) is 26.8. The number of carboxylic acids is 1. The highest BCUT2D eigenvalue weighted by molar-refractivity contribution is 6.35. The predicted octanol–water partition coefficient (Wildman–Crippen LogP) is 6.96. The quantitative estimate of drug-likeness (QED) is 0.372. The molecule has 1 aliphatic heterocycles. The zero-order valence-electron chi connectivity index (χ0n) is 20.1. The Morgan fingerprint density at radius 2 is 1.69 bits per heavy atom. The van der Waals surface area contributed by atoms with Crippen LogP contribution in [0.3, 0.4) is 0 Å². The number of aryl methyl sites for hydroxylation is 4. The molecular weight excluding hydrogens is 516 g/mol. The van der Waals surface area contributed by atoms with Gasteiger partial charge < -0.3 is 15.3 Å². The first-order chi connectivity index (χ1) is 16.8. The van der Waals surface area contributed by atoms with E-state index in [1.165, 1.54) is 22.3 Å². The summed E-state index contributed by atoms with van der Waals surface area (Å²) in [5.74, 6) is -1.15. The molecule has 6 nitrogen and oxygen atoms in total. The maximum Gasteiger partial charge on any atom is 0.490 e. The minimum absolute atomic E-state index is 0.630. The van der Waals surface area contributed by atoms with Gasteiger partial charge in [-0.1, -0.05) is 47.0 Å². The average molecular weight is 541 g/mol. The molecule has 0 bridgehead atoms. The van der Waals surface area contributed by atoms with Crippen molar-refractivity contribution in [2.24, 2.45) is 0 Å². The van der Waals surface area contributed by atoms with E-state index in [2.05, 4.69) is 50.0 Å². The van der Waals surface area contributed by atoms with Crippen LogP contribution in [0, 0.1) is 27.7 Å². The average Bonchev–Trinajstić information content (AvgIpc) is 3.16. The molecule has 11 heteroatoms. The highest BCUT2D eigenvalue weighted by atomic mass is 35.5. The number of aromatic nitrogens is 2. The maximum atomic E-state index is 10.6. The van der Waals surface area contributed by atoms with Crippen molar-refractivity contribution in [2.45, 2.75) is 46.8 Å². The predicted molar refractivity (Wildman–Crippen MR) is 136 cm³/mol. The van der Waals surface area contributed by atoms with Crippen molar-refractivity contribution in [3.63, 3.8) is 0 Å². The maximum absolute atomic E-state index is 10.6. The molecule has 2 aromatic carbocycles. The van der Waals surface area contributed by atoms with E-state index >= 15 is 0 Å². The molecule has 4 rings (SSSR count). The first kappa shape index (κ1) is 27.5. The SMILES string of the molecule is Cc1cc(C)c(Nc2nc(C)c3c(n2)N(Cc2ccc(Cl)cc2Cl)CC3)c(C)c1.O=C(O)C(F)(F)F. The van der Waals surface area contributed by atoms with Crippen molar-refractivity contribution >= 4 is 46.6 Å². The van der Waals surface area contributed by atoms with Gasteiger partial charge in [0.05, 0.1) is 0 Å². The monoisotopic (exact) mass is 540 g/mol. The summed E-state index contributed by atoms with van der Waals surface area (Å²) in [7, 11) is 0. The van der Waals surface area contributed by atoms with Crippen LogP contribution < -0.4 is 10.2 Å². The van der Waals surface area contributed by atoms with Gasteiger partial charge in [-0.15, -0.1) is 0 Å². The van der Waals surface area contributed by atoms with Crippen molar-refractivity contribution in [3.8, 4) is 0 Å². The second-order valence-electron chi connectivity index (χ2n) is 8.54. The van der Waals surface area contributed by atoms with Crippen molar-refractivity contribution < 1.29 is 23.1 Å². The van der Waals surface area contributed by atoms with E-state index < -0.39 is 12.1 Å². The number of hydrogen-bond donors (Lipinski definition) is 2. The minimum atomic E-state index is -5.08. The topological polar surface area (TPSA) is 78.4 Å². The fourth-order valence-electron chi connectivity index (χ4n) is 4.04. The molecule has 3 aromatic rings. The highest BCUT2D eigenvalue weighted by Gasteiger charge is 2.38. The van der Waals surface area contributed by atoms with Crippen LogP contribution in [0.25, 0.3) is 0 Å². The number of carbonyl (C=O) groups is 1. The minimum Gasteiger partial charge on any atom is -0.475 e. The number of benzene rings is 2. The summed E-state index contributed by atoms with van der Waals surface area (Å²) in [5.41, 5.74) is 7.97. The standard InChI is InChI=1S/C23H24Cl2N4.C2HF3O2/c1-13-9-14(2)21(15(3)10-13)27-23-26-16(4)19-7-8-29(22(19)28-23)12-17-5-6-18(24)11-20(17)25;3-2(4,5)1(6)7/h5-6,9-11H,7-8,12H2,1-4H3,(H,26,27,28);(H,6,7). The zero-order valence-corrected chi connectivity index (χ0v) is 21.6. The number of nitrogens with one attached hydrogen (secondary N) is 1. The third kappa shape index (κ3) is 6.59. The second-order valence-corrected chi connectivity index (χ2v) is 9.39. The van der Waals surface area contributed by atoms with Gasteiger partial charge in [0.25, 0.3) is 0 Å². The van der Waals surface area contributed by atoms with Gasteiger partial charge >= 0.3 is 12.1 Å².